The molecule has 2 N–H and O–H groups in total. The highest BCUT2D eigenvalue weighted by Crippen LogP contribution is 2.31. The number of rotatable bonds is 4. The van der Waals surface area contributed by atoms with Crippen molar-refractivity contribution in [3.63, 3.8) is 0 Å². The van der Waals surface area contributed by atoms with Gasteiger partial charge in [0.2, 0.25) is 0 Å². The molecule has 0 fully saturated rings. The molecule has 0 saturated carbocycles. The van der Waals surface area contributed by atoms with Gasteiger partial charge in [0.05, 0.1) is 7.11 Å². The number of ether oxygens (including phenoxy) is 1. The molecular weight excluding hydrogens is 180 g/mol. The van der Waals surface area contributed by atoms with E-state index in [0.717, 1.165) is 17.5 Å². The molecule has 0 aliphatic rings. The quantitative estimate of drug-likeness (QED) is 0.769. The first kappa shape index (κ1) is 10.9. The standard InChI is InChI=1S/C11H16O3/c1-8-6-9(4-3-5-12)7-10(13)11(8)14-2/h6-7,12-13H,3-5H2,1-2H3. The smallest absolute Gasteiger partial charge is 0.163 e. The molecule has 1 aromatic rings. The molecule has 0 atom stereocenters. The molecule has 0 amide bonds. The predicted octanol–water partition coefficient (Wildman–Crippen LogP) is 1.63. The van der Waals surface area contributed by atoms with Gasteiger partial charge < -0.3 is 14.9 Å². The van der Waals surface area contributed by atoms with Gasteiger partial charge in [-0.1, -0.05) is 6.07 Å². The van der Waals surface area contributed by atoms with Crippen LogP contribution < -0.4 is 4.74 Å². The minimum Gasteiger partial charge on any atom is -0.504 e. The lowest BCUT2D eigenvalue weighted by atomic mass is 10.1. The lowest BCUT2D eigenvalue weighted by Crippen LogP contribution is -1.93. The van der Waals surface area contributed by atoms with Gasteiger partial charge in [-0.05, 0) is 37.0 Å². The highest BCUT2D eigenvalue weighted by molar-refractivity contribution is 5.47. The topological polar surface area (TPSA) is 49.7 Å². The zero-order chi connectivity index (χ0) is 10.6. The summed E-state index contributed by atoms with van der Waals surface area (Å²) in [6, 6.07) is 3.65. The molecule has 0 radical (unpaired) electrons. The number of methoxy groups -OCH3 is 1. The van der Waals surface area contributed by atoms with Crippen molar-refractivity contribution in [2.24, 2.45) is 0 Å². The molecule has 0 saturated heterocycles. The average molecular weight is 196 g/mol. The molecular formula is C11H16O3. The number of aliphatic hydroxyl groups excluding tert-OH is 1. The molecule has 1 aromatic carbocycles. The zero-order valence-electron chi connectivity index (χ0n) is 8.58. The first-order chi connectivity index (χ1) is 6.69. The van der Waals surface area contributed by atoms with Crippen molar-refractivity contribution in [2.75, 3.05) is 13.7 Å². The Balaban J connectivity index is 2.90. The second-order valence-electron chi connectivity index (χ2n) is 3.29. The summed E-state index contributed by atoms with van der Waals surface area (Å²) in [5.41, 5.74) is 1.94. The van der Waals surface area contributed by atoms with Gasteiger partial charge in [-0.15, -0.1) is 0 Å². The van der Waals surface area contributed by atoms with Crippen LogP contribution in [0.4, 0.5) is 0 Å². The van der Waals surface area contributed by atoms with E-state index in [1.54, 1.807) is 6.07 Å². The first-order valence-corrected chi connectivity index (χ1v) is 4.66. The number of aryl methyl sites for hydroxylation is 2. The zero-order valence-corrected chi connectivity index (χ0v) is 8.58. The van der Waals surface area contributed by atoms with Crippen LogP contribution in [0.15, 0.2) is 12.1 Å². The molecule has 14 heavy (non-hydrogen) atoms. The maximum absolute atomic E-state index is 9.58. The minimum absolute atomic E-state index is 0.167. The molecule has 78 valence electrons. The summed E-state index contributed by atoms with van der Waals surface area (Å²) in [5, 5.41) is 18.3. The van der Waals surface area contributed by atoms with Gasteiger partial charge >= 0.3 is 0 Å². The Morgan fingerprint density at radius 3 is 2.57 bits per heavy atom. The van der Waals surface area contributed by atoms with Crippen LogP contribution in [0.25, 0.3) is 0 Å². The van der Waals surface area contributed by atoms with Crippen LogP contribution in [-0.2, 0) is 6.42 Å². The van der Waals surface area contributed by atoms with Crippen LogP contribution >= 0.6 is 0 Å². The second kappa shape index (κ2) is 4.86. The first-order valence-electron chi connectivity index (χ1n) is 4.66. The summed E-state index contributed by atoms with van der Waals surface area (Å²) in [6.07, 6.45) is 1.49. The molecule has 0 aliphatic heterocycles. The average Bonchev–Trinajstić information content (AvgIpc) is 2.14. The lowest BCUT2D eigenvalue weighted by Gasteiger charge is -2.09. The van der Waals surface area contributed by atoms with Gasteiger partial charge in [-0.25, -0.2) is 0 Å². The minimum atomic E-state index is 0.167. The fourth-order valence-electron chi connectivity index (χ4n) is 1.52. The van der Waals surface area contributed by atoms with Crippen LogP contribution in [0.1, 0.15) is 17.5 Å². The van der Waals surface area contributed by atoms with E-state index >= 15 is 0 Å². The Morgan fingerprint density at radius 1 is 1.36 bits per heavy atom. The van der Waals surface area contributed by atoms with Crippen molar-refractivity contribution in [2.45, 2.75) is 19.8 Å². The molecule has 0 heterocycles. The highest BCUT2D eigenvalue weighted by Gasteiger charge is 2.06. The SMILES string of the molecule is COc1c(C)cc(CCCO)cc1O. The van der Waals surface area contributed by atoms with Gasteiger partial charge in [0.15, 0.2) is 11.5 Å². The summed E-state index contributed by atoms with van der Waals surface area (Å²) >= 11 is 0. The fourth-order valence-corrected chi connectivity index (χ4v) is 1.52. The Kier molecular flexibility index (Phi) is 3.77. The number of phenolic OH excluding ortho intramolecular Hbond substituents is 1. The molecule has 0 aromatic heterocycles. The van der Waals surface area contributed by atoms with Crippen molar-refractivity contribution in [1.29, 1.82) is 0 Å². The van der Waals surface area contributed by atoms with Gasteiger partial charge in [0.25, 0.3) is 0 Å². The third-order valence-electron chi connectivity index (χ3n) is 2.14. The van der Waals surface area contributed by atoms with Crippen molar-refractivity contribution in [1.82, 2.24) is 0 Å². The molecule has 1 rings (SSSR count). The molecule has 3 heteroatoms. The van der Waals surface area contributed by atoms with E-state index in [0.29, 0.717) is 12.2 Å². The summed E-state index contributed by atoms with van der Waals surface area (Å²) < 4.78 is 5.04. The Hall–Kier alpha value is -1.22. The van der Waals surface area contributed by atoms with E-state index < -0.39 is 0 Å². The van der Waals surface area contributed by atoms with E-state index in [2.05, 4.69) is 0 Å². The van der Waals surface area contributed by atoms with Gasteiger partial charge in [0, 0.05) is 6.61 Å². The number of hydrogen-bond acceptors (Lipinski definition) is 3. The van der Waals surface area contributed by atoms with Gasteiger partial charge in [-0.3, -0.25) is 0 Å². The van der Waals surface area contributed by atoms with E-state index in [1.165, 1.54) is 7.11 Å². The van der Waals surface area contributed by atoms with Crippen molar-refractivity contribution in [3.05, 3.63) is 23.3 Å². The number of aromatic hydroxyl groups is 1. The van der Waals surface area contributed by atoms with Crippen molar-refractivity contribution >= 4 is 0 Å². The Labute approximate surface area is 84.0 Å². The Bertz CT molecular complexity index is 284. The molecule has 0 spiro atoms. The van der Waals surface area contributed by atoms with Crippen LogP contribution in [0.2, 0.25) is 0 Å². The number of aliphatic hydroxyl groups is 1. The molecule has 0 bridgehead atoms. The normalized spacial score (nSPS) is 10.2. The molecule has 0 aliphatic carbocycles. The maximum Gasteiger partial charge on any atom is 0.163 e. The van der Waals surface area contributed by atoms with Crippen LogP contribution in [-0.4, -0.2) is 23.9 Å². The highest BCUT2D eigenvalue weighted by atomic mass is 16.5. The van der Waals surface area contributed by atoms with E-state index in [1.807, 2.05) is 13.0 Å². The van der Waals surface area contributed by atoms with Gasteiger partial charge in [-0.2, -0.15) is 0 Å². The van der Waals surface area contributed by atoms with E-state index in [9.17, 15) is 5.11 Å². The molecule has 0 unspecified atom stereocenters. The summed E-state index contributed by atoms with van der Waals surface area (Å²) in [4.78, 5) is 0. The van der Waals surface area contributed by atoms with Crippen LogP contribution in [0.5, 0.6) is 11.5 Å². The summed E-state index contributed by atoms with van der Waals surface area (Å²) in [5.74, 6) is 0.693. The number of hydrogen-bond donors (Lipinski definition) is 2. The Morgan fingerprint density at radius 2 is 2.07 bits per heavy atom. The van der Waals surface area contributed by atoms with E-state index in [4.69, 9.17) is 9.84 Å². The lowest BCUT2D eigenvalue weighted by molar-refractivity contribution is 0.288. The van der Waals surface area contributed by atoms with Crippen LogP contribution in [0.3, 0.4) is 0 Å². The third kappa shape index (κ3) is 2.39. The van der Waals surface area contributed by atoms with Gasteiger partial charge in [0.1, 0.15) is 0 Å². The summed E-state index contributed by atoms with van der Waals surface area (Å²) in [6.45, 7) is 2.06. The number of phenols is 1. The molecule has 3 nitrogen and oxygen atoms in total. The third-order valence-corrected chi connectivity index (χ3v) is 2.14. The largest absolute Gasteiger partial charge is 0.504 e. The fraction of sp³-hybridized carbons (Fsp3) is 0.455. The maximum atomic E-state index is 9.58. The number of benzene rings is 1. The second-order valence-corrected chi connectivity index (χ2v) is 3.29. The van der Waals surface area contributed by atoms with Crippen molar-refractivity contribution in [3.8, 4) is 11.5 Å². The monoisotopic (exact) mass is 196 g/mol. The van der Waals surface area contributed by atoms with Crippen molar-refractivity contribution < 1.29 is 14.9 Å². The van der Waals surface area contributed by atoms with E-state index in [-0.39, 0.29) is 12.4 Å². The summed E-state index contributed by atoms with van der Waals surface area (Å²) in [7, 11) is 1.54. The van der Waals surface area contributed by atoms with Crippen LogP contribution in [0, 0.1) is 6.92 Å². The predicted molar refractivity (Wildman–Crippen MR) is 54.8 cm³/mol.